The average molecular weight is 273 g/mol. The van der Waals surface area contributed by atoms with Crippen LogP contribution in [0.3, 0.4) is 0 Å². The maximum absolute atomic E-state index is 11.8. The number of aliphatic hydroxyl groups is 1. The second-order valence-corrected chi connectivity index (χ2v) is 5.29. The quantitative estimate of drug-likeness (QED) is 0.790. The highest BCUT2D eigenvalue weighted by atomic mass is 16.3. The van der Waals surface area contributed by atoms with E-state index in [2.05, 4.69) is 10.6 Å². The van der Waals surface area contributed by atoms with Crippen molar-refractivity contribution in [3.8, 4) is 6.07 Å². The third kappa shape index (κ3) is 3.97. The summed E-state index contributed by atoms with van der Waals surface area (Å²) in [5.41, 5.74) is 0.287. The number of nitriles is 1. The van der Waals surface area contributed by atoms with Crippen molar-refractivity contribution in [3.63, 3.8) is 0 Å². The van der Waals surface area contributed by atoms with Crippen LogP contribution in [0.4, 0.5) is 10.5 Å². The van der Waals surface area contributed by atoms with Gasteiger partial charge in [0.1, 0.15) is 0 Å². The summed E-state index contributed by atoms with van der Waals surface area (Å²) < 4.78 is 0. The molecule has 0 heterocycles. The summed E-state index contributed by atoms with van der Waals surface area (Å²) in [6.45, 7) is 0.261. The molecule has 0 saturated heterocycles. The van der Waals surface area contributed by atoms with E-state index in [4.69, 9.17) is 5.26 Å². The Morgan fingerprint density at radius 1 is 1.35 bits per heavy atom. The van der Waals surface area contributed by atoms with Gasteiger partial charge in [-0.15, -0.1) is 0 Å². The van der Waals surface area contributed by atoms with Gasteiger partial charge in [0.25, 0.3) is 0 Å². The number of rotatable bonds is 3. The Bertz CT molecular complexity index is 516. The van der Waals surface area contributed by atoms with Gasteiger partial charge in [-0.25, -0.2) is 4.79 Å². The zero-order valence-corrected chi connectivity index (χ0v) is 11.4. The molecule has 1 aromatic rings. The lowest BCUT2D eigenvalue weighted by atomic mass is 9.85. The number of anilines is 1. The van der Waals surface area contributed by atoms with Crippen molar-refractivity contribution in [2.45, 2.75) is 37.7 Å². The van der Waals surface area contributed by atoms with Crippen LogP contribution >= 0.6 is 0 Å². The lowest BCUT2D eigenvalue weighted by Gasteiger charge is -2.32. The Balaban J connectivity index is 1.84. The molecular formula is C15H19N3O2. The van der Waals surface area contributed by atoms with Crippen LogP contribution in [0.25, 0.3) is 0 Å². The first-order chi connectivity index (χ1) is 9.61. The van der Waals surface area contributed by atoms with E-state index in [0.29, 0.717) is 11.3 Å². The van der Waals surface area contributed by atoms with Gasteiger partial charge in [0.05, 0.1) is 17.2 Å². The number of hydrogen-bond donors (Lipinski definition) is 3. The maximum atomic E-state index is 11.8. The number of benzene rings is 1. The van der Waals surface area contributed by atoms with Crippen LogP contribution in [0.1, 0.15) is 37.7 Å². The normalized spacial score (nSPS) is 17.0. The Labute approximate surface area is 118 Å². The Morgan fingerprint density at radius 2 is 2.10 bits per heavy atom. The molecule has 1 aliphatic rings. The SMILES string of the molecule is N#Cc1cccc(NC(=O)NCC2(O)CCCCC2)c1. The molecular weight excluding hydrogens is 254 g/mol. The van der Waals surface area contributed by atoms with Crippen molar-refractivity contribution in [2.75, 3.05) is 11.9 Å². The van der Waals surface area contributed by atoms with Gasteiger partial charge in [0.15, 0.2) is 0 Å². The summed E-state index contributed by atoms with van der Waals surface area (Å²) >= 11 is 0. The molecule has 0 spiro atoms. The minimum Gasteiger partial charge on any atom is -0.388 e. The second-order valence-electron chi connectivity index (χ2n) is 5.29. The van der Waals surface area contributed by atoms with Gasteiger partial charge in [-0.05, 0) is 31.0 Å². The molecule has 1 saturated carbocycles. The van der Waals surface area contributed by atoms with Crippen molar-refractivity contribution in [3.05, 3.63) is 29.8 Å². The van der Waals surface area contributed by atoms with Crippen molar-refractivity contribution in [1.29, 1.82) is 5.26 Å². The maximum Gasteiger partial charge on any atom is 0.319 e. The molecule has 3 N–H and O–H groups in total. The van der Waals surface area contributed by atoms with Gasteiger partial charge in [-0.3, -0.25) is 0 Å². The van der Waals surface area contributed by atoms with Crippen LogP contribution in [0.2, 0.25) is 0 Å². The Hall–Kier alpha value is -2.06. The highest BCUT2D eigenvalue weighted by Gasteiger charge is 2.29. The fraction of sp³-hybridized carbons (Fsp3) is 0.467. The molecule has 1 aromatic carbocycles. The number of carbonyl (C=O) groups is 1. The molecule has 5 nitrogen and oxygen atoms in total. The van der Waals surface area contributed by atoms with E-state index in [0.717, 1.165) is 32.1 Å². The van der Waals surface area contributed by atoms with Crippen LogP contribution in [0.5, 0.6) is 0 Å². The molecule has 2 rings (SSSR count). The van der Waals surface area contributed by atoms with Crippen LogP contribution in [0.15, 0.2) is 24.3 Å². The average Bonchev–Trinajstić information content (AvgIpc) is 2.46. The lowest BCUT2D eigenvalue weighted by molar-refractivity contribution is 0.00755. The summed E-state index contributed by atoms with van der Waals surface area (Å²) in [6, 6.07) is 8.37. The molecule has 0 radical (unpaired) electrons. The molecule has 1 aliphatic carbocycles. The van der Waals surface area contributed by atoms with Crippen LogP contribution in [-0.2, 0) is 0 Å². The predicted molar refractivity (Wildman–Crippen MR) is 76.2 cm³/mol. The van der Waals surface area contributed by atoms with E-state index < -0.39 is 5.60 Å². The third-order valence-electron chi connectivity index (χ3n) is 3.61. The van der Waals surface area contributed by atoms with Crippen LogP contribution in [-0.4, -0.2) is 23.3 Å². The Morgan fingerprint density at radius 3 is 2.80 bits per heavy atom. The van der Waals surface area contributed by atoms with Crippen molar-refractivity contribution < 1.29 is 9.90 Å². The van der Waals surface area contributed by atoms with Crippen LogP contribution < -0.4 is 10.6 Å². The summed E-state index contributed by atoms with van der Waals surface area (Å²) in [7, 11) is 0. The number of carbonyl (C=O) groups excluding carboxylic acids is 1. The van der Waals surface area contributed by atoms with Gasteiger partial charge in [-0.1, -0.05) is 25.3 Å². The summed E-state index contributed by atoms with van der Waals surface area (Å²) in [6.07, 6.45) is 4.62. The molecule has 1 fully saturated rings. The first kappa shape index (κ1) is 14.4. The summed E-state index contributed by atoms with van der Waals surface area (Å²) in [5.74, 6) is 0. The molecule has 20 heavy (non-hydrogen) atoms. The van der Waals surface area contributed by atoms with E-state index in [9.17, 15) is 9.90 Å². The molecule has 0 unspecified atom stereocenters. The van der Waals surface area contributed by atoms with Crippen molar-refractivity contribution in [2.24, 2.45) is 0 Å². The first-order valence-electron chi connectivity index (χ1n) is 6.89. The molecule has 0 aliphatic heterocycles. The van der Waals surface area contributed by atoms with Crippen molar-refractivity contribution >= 4 is 11.7 Å². The smallest absolute Gasteiger partial charge is 0.319 e. The molecule has 106 valence electrons. The zero-order valence-electron chi connectivity index (χ0n) is 11.4. The van der Waals surface area contributed by atoms with Gasteiger partial charge in [-0.2, -0.15) is 5.26 Å². The van der Waals surface area contributed by atoms with Gasteiger partial charge < -0.3 is 15.7 Å². The number of nitrogens with zero attached hydrogens (tertiary/aromatic N) is 1. The molecule has 0 atom stereocenters. The minimum atomic E-state index is -0.774. The standard InChI is InChI=1S/C15H19N3O2/c16-10-12-5-4-6-13(9-12)18-14(19)17-11-15(20)7-2-1-3-8-15/h4-6,9,20H,1-3,7-8,11H2,(H2,17,18,19). The van der Waals surface area contributed by atoms with E-state index in [1.807, 2.05) is 6.07 Å². The van der Waals surface area contributed by atoms with Crippen molar-refractivity contribution in [1.82, 2.24) is 5.32 Å². The largest absolute Gasteiger partial charge is 0.388 e. The summed E-state index contributed by atoms with van der Waals surface area (Å²) in [4.78, 5) is 11.8. The zero-order chi connectivity index (χ0) is 14.4. The number of nitrogens with one attached hydrogen (secondary N) is 2. The third-order valence-corrected chi connectivity index (χ3v) is 3.61. The van der Waals surface area contributed by atoms with Gasteiger partial charge in [0.2, 0.25) is 0 Å². The molecule has 0 bridgehead atoms. The molecule has 5 heteroatoms. The first-order valence-corrected chi connectivity index (χ1v) is 6.89. The van der Waals surface area contributed by atoms with E-state index in [-0.39, 0.29) is 12.6 Å². The highest BCUT2D eigenvalue weighted by Crippen LogP contribution is 2.27. The fourth-order valence-electron chi connectivity index (χ4n) is 2.47. The Kier molecular flexibility index (Phi) is 4.59. The van der Waals surface area contributed by atoms with E-state index in [1.54, 1.807) is 24.3 Å². The lowest BCUT2D eigenvalue weighted by Crippen LogP contribution is -2.45. The van der Waals surface area contributed by atoms with E-state index in [1.165, 1.54) is 0 Å². The predicted octanol–water partition coefficient (Wildman–Crippen LogP) is 2.37. The topological polar surface area (TPSA) is 85.2 Å². The monoisotopic (exact) mass is 273 g/mol. The van der Waals surface area contributed by atoms with Crippen LogP contribution in [0, 0.1) is 11.3 Å². The van der Waals surface area contributed by atoms with E-state index >= 15 is 0 Å². The summed E-state index contributed by atoms with van der Waals surface area (Å²) in [5, 5.41) is 24.4. The number of urea groups is 1. The molecule has 2 amide bonds. The second kappa shape index (κ2) is 6.40. The molecule has 0 aromatic heterocycles. The minimum absolute atomic E-state index is 0.261. The number of hydrogen-bond acceptors (Lipinski definition) is 3. The fourth-order valence-corrected chi connectivity index (χ4v) is 2.47. The number of amides is 2. The van der Waals surface area contributed by atoms with Gasteiger partial charge >= 0.3 is 6.03 Å². The van der Waals surface area contributed by atoms with Gasteiger partial charge in [0, 0.05) is 12.2 Å². The highest BCUT2D eigenvalue weighted by molar-refractivity contribution is 5.89.